The molecule has 3 heteroatoms. The Morgan fingerprint density at radius 1 is 1.50 bits per heavy atom. The quantitative estimate of drug-likeness (QED) is 0.846. The number of aryl methyl sites for hydroxylation is 1. The van der Waals surface area contributed by atoms with E-state index in [9.17, 15) is 4.39 Å². The number of halogens is 1. The number of benzene rings is 1. The summed E-state index contributed by atoms with van der Waals surface area (Å²) in [4.78, 5) is 2.31. The average Bonchev–Trinajstić information content (AvgIpc) is 3.07. The van der Waals surface area contributed by atoms with Crippen molar-refractivity contribution in [2.45, 2.75) is 31.8 Å². The first-order chi connectivity index (χ1) is 7.63. The fourth-order valence-corrected chi connectivity index (χ4v) is 2.15. The van der Waals surface area contributed by atoms with E-state index < -0.39 is 0 Å². The second kappa shape index (κ2) is 4.52. The Kier molecular flexibility index (Phi) is 3.26. The van der Waals surface area contributed by atoms with E-state index in [1.165, 1.54) is 18.9 Å². The lowest BCUT2D eigenvalue weighted by atomic mass is 10.0. The van der Waals surface area contributed by atoms with Gasteiger partial charge < -0.3 is 5.73 Å². The zero-order valence-corrected chi connectivity index (χ0v) is 9.91. The number of rotatable bonds is 4. The van der Waals surface area contributed by atoms with Crippen molar-refractivity contribution >= 4 is 0 Å². The van der Waals surface area contributed by atoms with Crippen molar-refractivity contribution in [1.82, 2.24) is 4.90 Å². The van der Waals surface area contributed by atoms with Crippen molar-refractivity contribution in [2.75, 3.05) is 13.6 Å². The number of nitrogens with zero attached hydrogens (tertiary/aromatic N) is 1. The number of nitrogens with two attached hydrogens (primary N) is 1. The van der Waals surface area contributed by atoms with Crippen LogP contribution in [0.15, 0.2) is 18.2 Å². The molecule has 1 unspecified atom stereocenters. The predicted octanol–water partition coefficient (Wildman–Crippen LogP) is 2.23. The summed E-state index contributed by atoms with van der Waals surface area (Å²) in [6.07, 6.45) is 2.51. The third-order valence-electron chi connectivity index (χ3n) is 3.40. The minimum Gasteiger partial charge on any atom is -0.329 e. The minimum absolute atomic E-state index is 0.145. The van der Waals surface area contributed by atoms with Gasteiger partial charge in [0.2, 0.25) is 0 Å². The fraction of sp³-hybridized carbons (Fsp3) is 0.538. The van der Waals surface area contributed by atoms with Gasteiger partial charge in [-0.3, -0.25) is 4.90 Å². The molecule has 1 aliphatic carbocycles. The summed E-state index contributed by atoms with van der Waals surface area (Å²) in [5.41, 5.74) is 7.64. The van der Waals surface area contributed by atoms with Crippen LogP contribution < -0.4 is 5.73 Å². The summed E-state index contributed by atoms with van der Waals surface area (Å²) >= 11 is 0. The first-order valence-corrected chi connectivity index (χ1v) is 5.81. The van der Waals surface area contributed by atoms with Crippen LogP contribution in [0.3, 0.4) is 0 Å². The Hall–Kier alpha value is -0.930. The Bertz CT molecular complexity index is 374. The van der Waals surface area contributed by atoms with Crippen molar-refractivity contribution in [1.29, 1.82) is 0 Å². The third kappa shape index (κ3) is 2.25. The number of hydrogen-bond acceptors (Lipinski definition) is 2. The van der Waals surface area contributed by atoms with Crippen LogP contribution in [0.5, 0.6) is 0 Å². The Labute approximate surface area is 96.2 Å². The largest absolute Gasteiger partial charge is 0.329 e. The van der Waals surface area contributed by atoms with E-state index in [0.717, 1.165) is 5.56 Å². The number of likely N-dealkylation sites (N-methyl/N-ethyl adjacent to an activating group) is 1. The minimum atomic E-state index is -0.145. The first kappa shape index (κ1) is 11.6. The molecule has 0 spiro atoms. The van der Waals surface area contributed by atoms with Crippen LogP contribution in [0.4, 0.5) is 4.39 Å². The summed E-state index contributed by atoms with van der Waals surface area (Å²) in [5, 5.41) is 0. The highest BCUT2D eigenvalue weighted by molar-refractivity contribution is 5.27. The van der Waals surface area contributed by atoms with Gasteiger partial charge in [0.1, 0.15) is 5.82 Å². The lowest BCUT2D eigenvalue weighted by Gasteiger charge is -2.27. The van der Waals surface area contributed by atoms with Crippen LogP contribution in [0, 0.1) is 12.7 Å². The van der Waals surface area contributed by atoms with Gasteiger partial charge in [-0.2, -0.15) is 0 Å². The van der Waals surface area contributed by atoms with Gasteiger partial charge in [-0.1, -0.05) is 12.1 Å². The second-order valence-corrected chi connectivity index (χ2v) is 4.66. The van der Waals surface area contributed by atoms with Crippen LogP contribution >= 0.6 is 0 Å². The van der Waals surface area contributed by atoms with E-state index in [4.69, 9.17) is 5.73 Å². The van der Waals surface area contributed by atoms with Crippen LogP contribution in [0.2, 0.25) is 0 Å². The molecule has 1 fully saturated rings. The highest BCUT2D eigenvalue weighted by atomic mass is 19.1. The van der Waals surface area contributed by atoms with Gasteiger partial charge >= 0.3 is 0 Å². The summed E-state index contributed by atoms with van der Waals surface area (Å²) < 4.78 is 13.2. The molecule has 0 aliphatic heterocycles. The molecule has 0 heterocycles. The Morgan fingerprint density at radius 3 is 2.69 bits per heavy atom. The van der Waals surface area contributed by atoms with E-state index in [1.807, 2.05) is 12.1 Å². The predicted molar refractivity (Wildman–Crippen MR) is 63.7 cm³/mol. The van der Waals surface area contributed by atoms with Crippen LogP contribution in [0.1, 0.15) is 30.0 Å². The van der Waals surface area contributed by atoms with Gasteiger partial charge in [0.05, 0.1) is 0 Å². The average molecular weight is 222 g/mol. The summed E-state index contributed by atoms with van der Waals surface area (Å²) in [6, 6.07) is 6.17. The second-order valence-electron chi connectivity index (χ2n) is 4.66. The highest BCUT2D eigenvalue weighted by Crippen LogP contribution is 2.32. The third-order valence-corrected chi connectivity index (χ3v) is 3.40. The molecule has 1 saturated carbocycles. The lowest BCUT2D eigenvalue weighted by Crippen LogP contribution is -2.32. The summed E-state index contributed by atoms with van der Waals surface area (Å²) in [5.74, 6) is -0.145. The van der Waals surface area contributed by atoms with E-state index in [0.29, 0.717) is 18.2 Å². The molecular weight excluding hydrogens is 203 g/mol. The molecule has 0 saturated heterocycles. The fourth-order valence-electron chi connectivity index (χ4n) is 2.15. The van der Waals surface area contributed by atoms with Crippen molar-refractivity contribution < 1.29 is 4.39 Å². The maximum atomic E-state index is 13.2. The Morgan fingerprint density at radius 2 is 2.19 bits per heavy atom. The van der Waals surface area contributed by atoms with Crippen LogP contribution in [-0.4, -0.2) is 24.5 Å². The molecule has 1 aliphatic rings. The standard InChI is InChI=1S/C13H19FN2/c1-9-7-10(3-6-12(9)14)13(8-15)16(2)11-4-5-11/h3,6-7,11,13H,4-5,8,15H2,1-2H3. The van der Waals surface area contributed by atoms with E-state index in [2.05, 4.69) is 11.9 Å². The maximum absolute atomic E-state index is 13.2. The molecule has 0 amide bonds. The van der Waals surface area contributed by atoms with Gasteiger partial charge in [0.15, 0.2) is 0 Å². The lowest BCUT2D eigenvalue weighted by molar-refractivity contribution is 0.240. The van der Waals surface area contributed by atoms with Crippen molar-refractivity contribution in [3.8, 4) is 0 Å². The van der Waals surface area contributed by atoms with Gasteiger partial charge in [-0.15, -0.1) is 0 Å². The molecule has 88 valence electrons. The molecule has 2 nitrogen and oxygen atoms in total. The van der Waals surface area contributed by atoms with Gasteiger partial charge in [0.25, 0.3) is 0 Å². The SMILES string of the molecule is Cc1cc(C(CN)N(C)C2CC2)ccc1F. The molecular formula is C13H19FN2. The maximum Gasteiger partial charge on any atom is 0.126 e. The van der Waals surface area contributed by atoms with E-state index in [-0.39, 0.29) is 11.9 Å². The van der Waals surface area contributed by atoms with Gasteiger partial charge in [0, 0.05) is 18.6 Å². The van der Waals surface area contributed by atoms with Crippen molar-refractivity contribution in [3.05, 3.63) is 35.1 Å². The van der Waals surface area contributed by atoms with Crippen molar-refractivity contribution in [2.24, 2.45) is 5.73 Å². The first-order valence-electron chi connectivity index (χ1n) is 5.81. The monoisotopic (exact) mass is 222 g/mol. The smallest absolute Gasteiger partial charge is 0.126 e. The van der Waals surface area contributed by atoms with Crippen molar-refractivity contribution in [3.63, 3.8) is 0 Å². The molecule has 1 atom stereocenters. The van der Waals surface area contributed by atoms with Gasteiger partial charge in [-0.25, -0.2) is 4.39 Å². The molecule has 16 heavy (non-hydrogen) atoms. The van der Waals surface area contributed by atoms with Gasteiger partial charge in [-0.05, 0) is 44.0 Å². The van der Waals surface area contributed by atoms with E-state index >= 15 is 0 Å². The normalized spacial score (nSPS) is 17.8. The molecule has 0 aromatic heterocycles. The highest BCUT2D eigenvalue weighted by Gasteiger charge is 2.31. The zero-order chi connectivity index (χ0) is 11.7. The zero-order valence-electron chi connectivity index (χ0n) is 9.91. The molecule has 0 bridgehead atoms. The molecule has 1 aromatic carbocycles. The molecule has 0 radical (unpaired) electrons. The Balaban J connectivity index is 2.21. The molecule has 1 aromatic rings. The molecule has 2 rings (SSSR count). The van der Waals surface area contributed by atoms with E-state index in [1.54, 1.807) is 6.92 Å². The van der Waals surface area contributed by atoms with Crippen LogP contribution in [0.25, 0.3) is 0 Å². The summed E-state index contributed by atoms with van der Waals surface area (Å²) in [7, 11) is 2.11. The van der Waals surface area contributed by atoms with Crippen LogP contribution in [-0.2, 0) is 0 Å². The number of hydrogen-bond donors (Lipinski definition) is 1. The topological polar surface area (TPSA) is 29.3 Å². The summed E-state index contributed by atoms with van der Waals surface area (Å²) in [6.45, 7) is 2.38. The molecule has 2 N–H and O–H groups in total.